The summed E-state index contributed by atoms with van der Waals surface area (Å²) in [5.74, 6) is -0.112. The monoisotopic (exact) mass is 492 g/mol. The summed E-state index contributed by atoms with van der Waals surface area (Å²) in [6, 6.07) is 7.32. The molecule has 11 nitrogen and oxygen atoms in total. The molecule has 3 heterocycles. The smallest absolute Gasteiger partial charge is 0.433 e. The SMILES string of the molecule is COc1ccc(S(=O)(=O)N2CCC[C@H](C)C2)cc1N1CCN(C(=O)c2ccc([N+](=O)[O-])o2)CC1. The number of piperazine rings is 1. The molecule has 2 aromatic rings. The Hall–Kier alpha value is -3.12. The van der Waals surface area contributed by atoms with Crippen LogP contribution in [0.3, 0.4) is 0 Å². The molecule has 1 aromatic heterocycles. The summed E-state index contributed by atoms with van der Waals surface area (Å²) >= 11 is 0. The van der Waals surface area contributed by atoms with Gasteiger partial charge in [0.25, 0.3) is 5.91 Å². The molecule has 1 aromatic carbocycles. The first-order valence-electron chi connectivity index (χ1n) is 11.2. The fourth-order valence-electron chi connectivity index (χ4n) is 4.44. The van der Waals surface area contributed by atoms with Gasteiger partial charge in [0.05, 0.1) is 23.8 Å². The van der Waals surface area contributed by atoms with Crippen molar-refractivity contribution in [1.29, 1.82) is 0 Å². The highest BCUT2D eigenvalue weighted by Gasteiger charge is 2.31. The highest BCUT2D eigenvalue weighted by molar-refractivity contribution is 7.89. The molecule has 1 amide bonds. The lowest BCUT2D eigenvalue weighted by Crippen LogP contribution is -2.48. The Morgan fingerprint density at radius 1 is 1.15 bits per heavy atom. The Balaban J connectivity index is 1.50. The number of furan rings is 1. The first-order chi connectivity index (χ1) is 16.2. The Bertz CT molecular complexity index is 1170. The van der Waals surface area contributed by atoms with Crippen LogP contribution in [-0.4, -0.2) is 74.8 Å². The van der Waals surface area contributed by atoms with Crippen LogP contribution in [-0.2, 0) is 10.0 Å². The van der Waals surface area contributed by atoms with Gasteiger partial charge in [-0.1, -0.05) is 6.92 Å². The van der Waals surface area contributed by atoms with Gasteiger partial charge in [-0.15, -0.1) is 0 Å². The van der Waals surface area contributed by atoms with E-state index in [9.17, 15) is 23.3 Å². The van der Waals surface area contributed by atoms with E-state index in [-0.39, 0.29) is 10.7 Å². The number of nitrogens with zero attached hydrogens (tertiary/aromatic N) is 4. The van der Waals surface area contributed by atoms with Gasteiger partial charge in [-0.05, 0) is 43.0 Å². The fraction of sp³-hybridized carbons (Fsp3) is 0.500. The summed E-state index contributed by atoms with van der Waals surface area (Å²) in [6.45, 7) is 4.65. The minimum atomic E-state index is -3.63. The number of methoxy groups -OCH3 is 1. The lowest BCUT2D eigenvalue weighted by molar-refractivity contribution is -0.402. The molecular weight excluding hydrogens is 464 g/mol. The molecule has 0 N–H and O–H groups in total. The van der Waals surface area contributed by atoms with Crippen LogP contribution in [0.4, 0.5) is 11.6 Å². The maximum atomic E-state index is 13.3. The van der Waals surface area contributed by atoms with E-state index < -0.39 is 26.7 Å². The molecule has 12 heteroatoms. The summed E-state index contributed by atoms with van der Waals surface area (Å²) in [4.78, 5) is 26.5. The van der Waals surface area contributed by atoms with Crippen molar-refractivity contribution in [1.82, 2.24) is 9.21 Å². The van der Waals surface area contributed by atoms with Crippen molar-refractivity contribution in [2.75, 3.05) is 51.3 Å². The van der Waals surface area contributed by atoms with Crippen molar-refractivity contribution >= 4 is 27.5 Å². The summed E-state index contributed by atoms with van der Waals surface area (Å²) in [5.41, 5.74) is 0.648. The van der Waals surface area contributed by atoms with E-state index >= 15 is 0 Å². The summed E-state index contributed by atoms with van der Waals surface area (Å²) < 4.78 is 38.6. The maximum absolute atomic E-state index is 13.3. The van der Waals surface area contributed by atoms with E-state index in [1.54, 1.807) is 27.4 Å². The lowest BCUT2D eigenvalue weighted by Gasteiger charge is -2.36. The number of hydrogen-bond acceptors (Lipinski definition) is 8. The third-order valence-electron chi connectivity index (χ3n) is 6.30. The topological polar surface area (TPSA) is 126 Å². The van der Waals surface area contributed by atoms with E-state index in [0.717, 1.165) is 18.9 Å². The van der Waals surface area contributed by atoms with Gasteiger partial charge < -0.3 is 19.0 Å². The number of rotatable bonds is 6. The van der Waals surface area contributed by atoms with E-state index in [4.69, 9.17) is 9.15 Å². The molecule has 2 saturated heterocycles. The van der Waals surface area contributed by atoms with Gasteiger partial charge in [0.15, 0.2) is 5.76 Å². The maximum Gasteiger partial charge on any atom is 0.433 e. The van der Waals surface area contributed by atoms with Crippen molar-refractivity contribution in [3.05, 3.63) is 46.2 Å². The number of sulfonamides is 1. The van der Waals surface area contributed by atoms with Crippen molar-refractivity contribution in [2.24, 2.45) is 5.92 Å². The number of hydrogen-bond donors (Lipinski definition) is 0. The molecule has 184 valence electrons. The van der Waals surface area contributed by atoms with Gasteiger partial charge in [0.2, 0.25) is 10.0 Å². The Labute approximate surface area is 198 Å². The van der Waals surface area contributed by atoms with Crippen molar-refractivity contribution in [3.63, 3.8) is 0 Å². The van der Waals surface area contributed by atoms with Crippen LogP contribution in [0.2, 0.25) is 0 Å². The molecule has 34 heavy (non-hydrogen) atoms. The molecule has 2 aliphatic rings. The van der Waals surface area contributed by atoms with Crippen molar-refractivity contribution in [2.45, 2.75) is 24.7 Å². The normalized spacial score (nSPS) is 19.8. The molecule has 0 unspecified atom stereocenters. The predicted octanol–water partition coefficient (Wildman–Crippen LogP) is 2.58. The molecular formula is C22H28N4O7S. The van der Waals surface area contributed by atoms with Crippen LogP contribution >= 0.6 is 0 Å². The zero-order chi connectivity index (χ0) is 24.5. The largest absolute Gasteiger partial charge is 0.495 e. The Kier molecular flexibility index (Phi) is 6.80. The van der Waals surface area contributed by atoms with Crippen LogP contribution < -0.4 is 9.64 Å². The van der Waals surface area contributed by atoms with Gasteiger partial charge >= 0.3 is 5.88 Å². The van der Waals surface area contributed by atoms with Crippen LogP contribution in [0.25, 0.3) is 0 Å². The second kappa shape index (κ2) is 9.63. The number of anilines is 1. The Morgan fingerprint density at radius 3 is 2.50 bits per heavy atom. The third kappa shape index (κ3) is 4.73. The van der Waals surface area contributed by atoms with E-state index in [2.05, 4.69) is 6.92 Å². The van der Waals surface area contributed by atoms with E-state index in [1.165, 1.54) is 13.2 Å². The molecule has 0 bridgehead atoms. The first-order valence-corrected chi connectivity index (χ1v) is 12.6. The van der Waals surface area contributed by atoms with Gasteiger partial charge in [0, 0.05) is 39.3 Å². The first kappa shape index (κ1) is 24.0. The number of amides is 1. The highest BCUT2D eigenvalue weighted by atomic mass is 32.2. The quantitative estimate of drug-likeness (QED) is 0.445. The van der Waals surface area contributed by atoms with E-state index in [1.807, 2.05) is 4.90 Å². The zero-order valence-electron chi connectivity index (χ0n) is 19.2. The highest BCUT2D eigenvalue weighted by Crippen LogP contribution is 2.34. The molecule has 0 spiro atoms. The molecule has 2 aliphatic heterocycles. The Morgan fingerprint density at radius 2 is 1.88 bits per heavy atom. The second-order valence-electron chi connectivity index (χ2n) is 8.62. The van der Waals surface area contributed by atoms with E-state index in [0.29, 0.717) is 56.6 Å². The summed E-state index contributed by atoms with van der Waals surface area (Å²) in [7, 11) is -2.10. The zero-order valence-corrected chi connectivity index (χ0v) is 20.0. The van der Waals surface area contributed by atoms with Crippen molar-refractivity contribution in [3.8, 4) is 5.75 Å². The predicted molar refractivity (Wildman–Crippen MR) is 124 cm³/mol. The number of piperidine rings is 1. The lowest BCUT2D eigenvalue weighted by atomic mass is 10.0. The fourth-order valence-corrected chi connectivity index (χ4v) is 6.06. The number of benzene rings is 1. The minimum Gasteiger partial charge on any atom is -0.495 e. The number of carbonyl (C=O) groups is 1. The molecule has 2 fully saturated rings. The summed E-state index contributed by atoms with van der Waals surface area (Å²) in [5, 5.41) is 10.8. The third-order valence-corrected chi connectivity index (χ3v) is 8.16. The average molecular weight is 493 g/mol. The second-order valence-corrected chi connectivity index (χ2v) is 10.6. The van der Waals surface area contributed by atoms with Crippen LogP contribution in [0.5, 0.6) is 5.75 Å². The van der Waals surface area contributed by atoms with Gasteiger partial charge in [-0.25, -0.2) is 8.42 Å². The molecule has 4 rings (SSSR count). The van der Waals surface area contributed by atoms with Crippen molar-refractivity contribution < 1.29 is 27.3 Å². The van der Waals surface area contributed by atoms with Gasteiger partial charge in [-0.2, -0.15) is 4.31 Å². The van der Waals surface area contributed by atoms with Crippen LogP contribution in [0, 0.1) is 16.0 Å². The molecule has 1 atom stereocenters. The molecule has 0 saturated carbocycles. The minimum absolute atomic E-state index is 0.0819. The van der Waals surface area contributed by atoms with Crippen LogP contribution in [0.15, 0.2) is 39.6 Å². The van der Waals surface area contributed by atoms with Crippen LogP contribution in [0.1, 0.15) is 30.3 Å². The number of carbonyl (C=O) groups excluding carboxylic acids is 1. The average Bonchev–Trinajstić information content (AvgIpc) is 3.34. The molecule has 0 aliphatic carbocycles. The number of ether oxygens (including phenoxy) is 1. The van der Waals surface area contributed by atoms with Gasteiger partial charge in [-0.3, -0.25) is 14.9 Å². The standard InChI is InChI=1S/C22H28N4O7S/c1-16-4-3-9-25(15-16)34(30,31)17-5-6-19(32-2)18(14-17)23-10-12-24(13-11-23)22(27)20-7-8-21(33-20)26(28)29/h5-8,14,16H,3-4,9-13,15H2,1-2H3/t16-/m0/s1. The number of nitro groups is 1. The molecule has 0 radical (unpaired) electrons. The van der Waals surface area contributed by atoms with Gasteiger partial charge in [0.1, 0.15) is 10.7 Å². The summed E-state index contributed by atoms with van der Waals surface area (Å²) in [6.07, 6.45) is 1.87.